The van der Waals surface area contributed by atoms with Crippen LogP contribution in [-0.2, 0) is 11.3 Å². The van der Waals surface area contributed by atoms with Crippen LogP contribution >= 0.6 is 0 Å². The Kier molecular flexibility index (Phi) is 4.57. The Morgan fingerprint density at radius 2 is 2.24 bits per heavy atom. The number of hydrogen-bond donors (Lipinski definition) is 1. The van der Waals surface area contributed by atoms with Crippen molar-refractivity contribution >= 4 is 0 Å². The molecule has 0 bridgehead atoms. The zero-order chi connectivity index (χ0) is 12.1. The zero-order valence-electron chi connectivity index (χ0n) is 10.9. The molecule has 4 heteroatoms. The second-order valence-electron chi connectivity index (χ2n) is 4.56. The van der Waals surface area contributed by atoms with Gasteiger partial charge < -0.3 is 14.6 Å². The van der Waals surface area contributed by atoms with Crippen LogP contribution in [0.3, 0.4) is 0 Å². The Morgan fingerprint density at radius 1 is 1.47 bits per heavy atom. The van der Waals surface area contributed by atoms with Gasteiger partial charge in [-0.2, -0.15) is 0 Å². The van der Waals surface area contributed by atoms with Crippen LogP contribution in [0.25, 0.3) is 0 Å². The highest BCUT2D eigenvalue weighted by Crippen LogP contribution is 2.29. The van der Waals surface area contributed by atoms with Gasteiger partial charge in [-0.15, -0.1) is 0 Å². The molecule has 1 aliphatic rings. The molecule has 0 aromatic carbocycles. The number of aromatic nitrogens is 2. The predicted molar refractivity (Wildman–Crippen MR) is 67.9 cm³/mol. The summed E-state index contributed by atoms with van der Waals surface area (Å²) in [6.07, 6.45) is 6.24. The van der Waals surface area contributed by atoms with Crippen LogP contribution in [-0.4, -0.2) is 29.3 Å². The van der Waals surface area contributed by atoms with E-state index in [1.54, 1.807) is 0 Å². The highest BCUT2D eigenvalue weighted by molar-refractivity contribution is 5.02. The lowest BCUT2D eigenvalue weighted by molar-refractivity contribution is 0.0522. The van der Waals surface area contributed by atoms with Crippen LogP contribution in [0.15, 0.2) is 12.4 Å². The first-order valence-corrected chi connectivity index (χ1v) is 6.69. The van der Waals surface area contributed by atoms with Crippen molar-refractivity contribution in [1.29, 1.82) is 0 Å². The van der Waals surface area contributed by atoms with E-state index in [0.29, 0.717) is 12.0 Å². The number of rotatable bonds is 5. The summed E-state index contributed by atoms with van der Waals surface area (Å²) in [5, 5.41) is 3.59. The molecule has 1 aliphatic heterocycles. The van der Waals surface area contributed by atoms with E-state index in [-0.39, 0.29) is 0 Å². The van der Waals surface area contributed by atoms with Crippen molar-refractivity contribution < 1.29 is 4.74 Å². The van der Waals surface area contributed by atoms with Crippen molar-refractivity contribution in [1.82, 2.24) is 14.9 Å². The highest BCUT2D eigenvalue weighted by atomic mass is 16.5. The normalized spacial score (nSPS) is 19.4. The molecule has 1 atom stereocenters. The molecular weight excluding hydrogens is 214 g/mol. The van der Waals surface area contributed by atoms with Crippen LogP contribution in [0.4, 0.5) is 0 Å². The monoisotopic (exact) mass is 237 g/mol. The maximum Gasteiger partial charge on any atom is 0.126 e. The van der Waals surface area contributed by atoms with Crippen molar-refractivity contribution in [3.05, 3.63) is 18.2 Å². The quantitative estimate of drug-likeness (QED) is 0.851. The molecule has 0 radical (unpaired) electrons. The number of ether oxygens (including phenoxy) is 1. The number of nitrogens with zero attached hydrogens (tertiary/aromatic N) is 2. The third-order valence-electron chi connectivity index (χ3n) is 3.53. The smallest absolute Gasteiger partial charge is 0.126 e. The molecule has 1 aromatic rings. The van der Waals surface area contributed by atoms with Crippen molar-refractivity contribution in [2.24, 2.45) is 5.92 Å². The summed E-state index contributed by atoms with van der Waals surface area (Å²) in [5.41, 5.74) is 0. The lowest BCUT2D eigenvalue weighted by Gasteiger charge is -2.30. The molecule has 1 fully saturated rings. The maximum absolute atomic E-state index is 5.45. The van der Waals surface area contributed by atoms with Gasteiger partial charge in [0.05, 0.1) is 6.04 Å². The fourth-order valence-corrected chi connectivity index (χ4v) is 2.60. The van der Waals surface area contributed by atoms with E-state index >= 15 is 0 Å². The van der Waals surface area contributed by atoms with Gasteiger partial charge in [0.2, 0.25) is 0 Å². The fourth-order valence-electron chi connectivity index (χ4n) is 2.60. The van der Waals surface area contributed by atoms with Crippen LogP contribution in [0.5, 0.6) is 0 Å². The van der Waals surface area contributed by atoms with Crippen LogP contribution in [0.2, 0.25) is 0 Å². The Morgan fingerprint density at radius 3 is 2.88 bits per heavy atom. The number of imidazole rings is 1. The molecule has 1 saturated heterocycles. The van der Waals surface area contributed by atoms with Gasteiger partial charge in [-0.1, -0.05) is 6.92 Å². The molecule has 1 unspecified atom stereocenters. The van der Waals surface area contributed by atoms with E-state index in [2.05, 4.69) is 34.9 Å². The number of hydrogen-bond acceptors (Lipinski definition) is 3. The van der Waals surface area contributed by atoms with E-state index in [0.717, 1.165) is 39.1 Å². The Balaban J connectivity index is 2.15. The largest absolute Gasteiger partial charge is 0.381 e. The van der Waals surface area contributed by atoms with Crippen molar-refractivity contribution in [3.8, 4) is 0 Å². The number of aryl methyl sites for hydroxylation is 1. The number of nitrogens with one attached hydrogen (secondary N) is 1. The summed E-state index contributed by atoms with van der Waals surface area (Å²) in [6, 6.07) is 0.374. The zero-order valence-corrected chi connectivity index (χ0v) is 10.9. The van der Waals surface area contributed by atoms with Gasteiger partial charge in [0.15, 0.2) is 0 Å². The van der Waals surface area contributed by atoms with Gasteiger partial charge in [-0.3, -0.25) is 0 Å². The molecule has 4 nitrogen and oxygen atoms in total. The topological polar surface area (TPSA) is 39.1 Å². The maximum atomic E-state index is 5.45. The van der Waals surface area contributed by atoms with Crippen LogP contribution in [0, 0.1) is 5.92 Å². The summed E-state index contributed by atoms with van der Waals surface area (Å²) in [5.74, 6) is 1.83. The highest BCUT2D eigenvalue weighted by Gasteiger charge is 2.27. The second kappa shape index (κ2) is 6.17. The molecule has 96 valence electrons. The minimum Gasteiger partial charge on any atom is -0.381 e. The van der Waals surface area contributed by atoms with E-state index in [4.69, 9.17) is 4.74 Å². The van der Waals surface area contributed by atoms with E-state index in [1.807, 2.05) is 6.20 Å². The van der Waals surface area contributed by atoms with E-state index < -0.39 is 0 Å². The van der Waals surface area contributed by atoms with Crippen LogP contribution < -0.4 is 5.32 Å². The molecule has 2 rings (SSSR count). The van der Waals surface area contributed by atoms with Crippen LogP contribution in [0.1, 0.15) is 38.6 Å². The third-order valence-corrected chi connectivity index (χ3v) is 3.53. The standard InChI is InChI=1S/C13H23N3O/c1-3-14-12(11-5-9-17-10-6-11)13-15-7-8-16(13)4-2/h7-8,11-12,14H,3-6,9-10H2,1-2H3. The Bertz CT molecular complexity index is 331. The first-order valence-electron chi connectivity index (χ1n) is 6.69. The molecule has 0 saturated carbocycles. The second-order valence-corrected chi connectivity index (χ2v) is 4.56. The van der Waals surface area contributed by atoms with Gasteiger partial charge in [0.25, 0.3) is 0 Å². The van der Waals surface area contributed by atoms with Gasteiger partial charge in [-0.25, -0.2) is 4.98 Å². The SMILES string of the molecule is CCNC(c1nccn1CC)C1CCOCC1. The molecule has 0 aliphatic carbocycles. The third kappa shape index (κ3) is 2.87. The molecule has 1 N–H and O–H groups in total. The predicted octanol–water partition coefficient (Wildman–Crippen LogP) is 1.98. The van der Waals surface area contributed by atoms with Crippen molar-refractivity contribution in [2.45, 2.75) is 39.3 Å². The molecule has 0 amide bonds. The molecule has 0 spiro atoms. The molecule has 1 aromatic heterocycles. The van der Waals surface area contributed by atoms with Crippen molar-refractivity contribution in [2.75, 3.05) is 19.8 Å². The van der Waals surface area contributed by atoms with Gasteiger partial charge >= 0.3 is 0 Å². The summed E-state index contributed by atoms with van der Waals surface area (Å²) in [6.45, 7) is 8.07. The molecule has 2 heterocycles. The van der Waals surface area contributed by atoms with Crippen molar-refractivity contribution in [3.63, 3.8) is 0 Å². The van der Waals surface area contributed by atoms with Gasteiger partial charge in [0, 0.05) is 32.2 Å². The molecule has 17 heavy (non-hydrogen) atoms. The summed E-state index contributed by atoms with van der Waals surface area (Å²) >= 11 is 0. The summed E-state index contributed by atoms with van der Waals surface area (Å²) in [7, 11) is 0. The summed E-state index contributed by atoms with van der Waals surface area (Å²) < 4.78 is 7.69. The average Bonchev–Trinajstić information content (AvgIpc) is 2.85. The van der Waals surface area contributed by atoms with Gasteiger partial charge in [0.1, 0.15) is 5.82 Å². The van der Waals surface area contributed by atoms with Gasteiger partial charge in [-0.05, 0) is 32.2 Å². The lowest BCUT2D eigenvalue weighted by atomic mass is 9.91. The lowest BCUT2D eigenvalue weighted by Crippen LogP contribution is -2.34. The fraction of sp³-hybridized carbons (Fsp3) is 0.769. The Labute approximate surface area is 103 Å². The Hall–Kier alpha value is -0.870. The first kappa shape index (κ1) is 12.6. The summed E-state index contributed by atoms with van der Waals surface area (Å²) in [4.78, 5) is 4.54. The van der Waals surface area contributed by atoms with E-state index in [1.165, 1.54) is 5.82 Å². The molecular formula is C13H23N3O. The first-order chi connectivity index (χ1) is 8.36. The minimum atomic E-state index is 0.374. The van der Waals surface area contributed by atoms with E-state index in [9.17, 15) is 0 Å². The minimum absolute atomic E-state index is 0.374. The average molecular weight is 237 g/mol.